The number of guanidine groups is 1. The lowest BCUT2D eigenvalue weighted by molar-refractivity contribution is 0.100. The van der Waals surface area contributed by atoms with Gasteiger partial charge in [-0.1, -0.05) is 54.6 Å². The van der Waals surface area contributed by atoms with Crippen LogP contribution in [0.5, 0.6) is 0 Å². The summed E-state index contributed by atoms with van der Waals surface area (Å²) in [4.78, 5) is 15.9. The van der Waals surface area contributed by atoms with Crippen molar-refractivity contribution < 1.29 is 4.79 Å². The summed E-state index contributed by atoms with van der Waals surface area (Å²) < 4.78 is 2.21. The van der Waals surface area contributed by atoms with Crippen LogP contribution in [0.25, 0.3) is 21.8 Å². The van der Waals surface area contributed by atoms with Gasteiger partial charge in [0.25, 0.3) is 5.91 Å². The van der Waals surface area contributed by atoms with Crippen LogP contribution in [0, 0.1) is 0 Å². The molecule has 0 aliphatic heterocycles. The number of aliphatic imine (C=N–C) groups is 1. The number of rotatable bonds is 3. The molecule has 3 aromatic carbocycles. The lowest BCUT2D eigenvalue weighted by Gasteiger charge is -2.08. The van der Waals surface area contributed by atoms with E-state index in [0.29, 0.717) is 12.1 Å². The van der Waals surface area contributed by atoms with Crippen molar-refractivity contribution in [3.63, 3.8) is 0 Å². The minimum Gasteiger partial charge on any atom is -0.370 e. The highest BCUT2D eigenvalue weighted by Gasteiger charge is 2.13. The van der Waals surface area contributed by atoms with E-state index in [1.54, 1.807) is 6.07 Å². The summed E-state index contributed by atoms with van der Waals surface area (Å²) in [5.41, 5.74) is 14.4. The van der Waals surface area contributed by atoms with Crippen LogP contribution in [-0.4, -0.2) is 16.4 Å². The number of hydrogen-bond acceptors (Lipinski definition) is 1. The molecule has 0 aliphatic carbocycles. The first-order valence-corrected chi connectivity index (χ1v) is 8.32. The van der Waals surface area contributed by atoms with Gasteiger partial charge >= 0.3 is 0 Å². The van der Waals surface area contributed by atoms with Crippen LogP contribution in [-0.2, 0) is 6.54 Å². The summed E-state index contributed by atoms with van der Waals surface area (Å²) in [6.45, 7) is 0.713. The molecule has 128 valence electrons. The Hall–Kier alpha value is -3.60. The number of para-hydroxylation sites is 1. The molecule has 0 fully saturated rings. The molecule has 0 bridgehead atoms. The monoisotopic (exact) mass is 342 g/mol. The van der Waals surface area contributed by atoms with Crippen molar-refractivity contribution in [3.8, 4) is 0 Å². The maximum atomic E-state index is 12.2. The first kappa shape index (κ1) is 15.9. The third-order valence-corrected chi connectivity index (χ3v) is 4.43. The first-order chi connectivity index (χ1) is 12.6. The van der Waals surface area contributed by atoms with Gasteiger partial charge in [0.05, 0.1) is 5.52 Å². The molecule has 0 aliphatic rings. The van der Waals surface area contributed by atoms with Gasteiger partial charge in [0.2, 0.25) is 0 Å². The number of carbonyl (C=O) groups is 1. The third-order valence-electron chi connectivity index (χ3n) is 4.43. The summed E-state index contributed by atoms with van der Waals surface area (Å²) in [6.07, 6.45) is 0. The summed E-state index contributed by atoms with van der Waals surface area (Å²) >= 11 is 0. The van der Waals surface area contributed by atoms with Crippen molar-refractivity contribution in [2.45, 2.75) is 6.54 Å². The van der Waals surface area contributed by atoms with E-state index in [4.69, 9.17) is 11.5 Å². The summed E-state index contributed by atoms with van der Waals surface area (Å²) in [7, 11) is 0. The number of aromatic nitrogens is 1. The summed E-state index contributed by atoms with van der Waals surface area (Å²) in [5, 5.41) is 2.25. The van der Waals surface area contributed by atoms with E-state index < -0.39 is 5.91 Å². The molecule has 0 saturated carbocycles. The van der Waals surface area contributed by atoms with Gasteiger partial charge in [-0.15, -0.1) is 0 Å². The van der Waals surface area contributed by atoms with Gasteiger partial charge in [0.1, 0.15) is 0 Å². The largest absolute Gasteiger partial charge is 0.370 e. The number of fused-ring (bicyclic) bond motifs is 3. The van der Waals surface area contributed by atoms with E-state index in [-0.39, 0.29) is 5.96 Å². The molecule has 1 heterocycles. The Balaban J connectivity index is 1.94. The van der Waals surface area contributed by atoms with Gasteiger partial charge in [0, 0.05) is 28.4 Å². The van der Waals surface area contributed by atoms with Crippen molar-refractivity contribution in [1.82, 2.24) is 4.57 Å². The molecular weight excluding hydrogens is 324 g/mol. The van der Waals surface area contributed by atoms with E-state index in [2.05, 4.69) is 33.8 Å². The van der Waals surface area contributed by atoms with Crippen LogP contribution < -0.4 is 11.5 Å². The van der Waals surface area contributed by atoms with Gasteiger partial charge in [0.15, 0.2) is 5.96 Å². The van der Waals surface area contributed by atoms with E-state index in [9.17, 15) is 4.79 Å². The minimum absolute atomic E-state index is 0.236. The lowest BCUT2D eigenvalue weighted by atomic mass is 10.1. The predicted molar refractivity (Wildman–Crippen MR) is 105 cm³/mol. The van der Waals surface area contributed by atoms with E-state index in [1.165, 1.54) is 5.56 Å². The number of benzene rings is 3. The normalized spacial score (nSPS) is 10.9. The molecule has 26 heavy (non-hydrogen) atoms. The topological polar surface area (TPSA) is 86.4 Å². The molecule has 5 heteroatoms. The van der Waals surface area contributed by atoms with Crippen LogP contribution >= 0.6 is 0 Å². The standard InChI is InChI=1S/C21H18N4O/c22-21(23)24-20(26)15-10-11-17-16-8-4-5-9-18(16)25(19(17)12-15)13-14-6-2-1-3-7-14/h1-12H,13H2,(H4,22,23,24,26). The Labute approximate surface area is 150 Å². The second kappa shape index (κ2) is 6.37. The van der Waals surface area contributed by atoms with Crippen molar-refractivity contribution in [2.75, 3.05) is 0 Å². The molecule has 1 amide bonds. The van der Waals surface area contributed by atoms with Crippen molar-refractivity contribution >= 4 is 33.7 Å². The zero-order valence-corrected chi connectivity index (χ0v) is 14.1. The Kier molecular flexibility index (Phi) is 3.89. The highest BCUT2D eigenvalue weighted by molar-refractivity contribution is 6.11. The first-order valence-electron chi connectivity index (χ1n) is 8.32. The van der Waals surface area contributed by atoms with E-state index in [1.807, 2.05) is 42.5 Å². The van der Waals surface area contributed by atoms with Crippen molar-refractivity contribution in [3.05, 3.63) is 83.9 Å². The molecule has 0 atom stereocenters. The molecule has 0 radical (unpaired) electrons. The quantitative estimate of drug-likeness (QED) is 0.442. The number of nitrogens with two attached hydrogens (primary N) is 2. The van der Waals surface area contributed by atoms with Crippen LogP contribution in [0.15, 0.2) is 77.8 Å². The Morgan fingerprint density at radius 2 is 1.54 bits per heavy atom. The van der Waals surface area contributed by atoms with Crippen LogP contribution in [0.2, 0.25) is 0 Å². The van der Waals surface area contributed by atoms with Gasteiger partial charge < -0.3 is 16.0 Å². The van der Waals surface area contributed by atoms with Crippen molar-refractivity contribution in [2.24, 2.45) is 16.5 Å². The fourth-order valence-corrected chi connectivity index (χ4v) is 3.30. The molecule has 0 saturated heterocycles. The number of carbonyl (C=O) groups excluding carboxylic acids is 1. The van der Waals surface area contributed by atoms with Gasteiger partial charge in [-0.05, 0) is 23.8 Å². The molecule has 0 spiro atoms. The van der Waals surface area contributed by atoms with Gasteiger partial charge in [-0.2, -0.15) is 4.99 Å². The van der Waals surface area contributed by atoms with Gasteiger partial charge in [-0.25, -0.2) is 0 Å². The number of nitrogens with zero attached hydrogens (tertiary/aromatic N) is 2. The predicted octanol–water partition coefficient (Wildman–Crippen LogP) is 3.26. The Morgan fingerprint density at radius 3 is 2.31 bits per heavy atom. The SMILES string of the molecule is NC(N)=NC(=O)c1ccc2c3ccccc3n(Cc3ccccc3)c2c1. The van der Waals surface area contributed by atoms with E-state index >= 15 is 0 Å². The Morgan fingerprint density at radius 1 is 0.846 bits per heavy atom. The van der Waals surface area contributed by atoms with Crippen LogP contribution in [0.4, 0.5) is 0 Å². The second-order valence-electron chi connectivity index (χ2n) is 6.16. The summed E-state index contributed by atoms with van der Waals surface area (Å²) in [5.74, 6) is -0.677. The average Bonchev–Trinajstić information content (AvgIpc) is 2.96. The second-order valence-corrected chi connectivity index (χ2v) is 6.16. The highest BCUT2D eigenvalue weighted by Crippen LogP contribution is 2.30. The fraction of sp³-hybridized carbons (Fsp3) is 0.0476. The van der Waals surface area contributed by atoms with Crippen molar-refractivity contribution in [1.29, 1.82) is 0 Å². The van der Waals surface area contributed by atoms with Crippen LogP contribution in [0.3, 0.4) is 0 Å². The molecule has 4 N–H and O–H groups in total. The zero-order valence-electron chi connectivity index (χ0n) is 14.1. The fourth-order valence-electron chi connectivity index (χ4n) is 3.30. The molecule has 4 aromatic rings. The number of amides is 1. The zero-order chi connectivity index (χ0) is 18.1. The molecule has 1 aromatic heterocycles. The highest BCUT2D eigenvalue weighted by atomic mass is 16.1. The lowest BCUT2D eigenvalue weighted by Crippen LogP contribution is -2.24. The maximum Gasteiger partial charge on any atom is 0.280 e. The average molecular weight is 342 g/mol. The molecule has 5 nitrogen and oxygen atoms in total. The molecular formula is C21H18N4O. The molecule has 4 rings (SSSR count). The van der Waals surface area contributed by atoms with Crippen LogP contribution in [0.1, 0.15) is 15.9 Å². The number of hydrogen-bond donors (Lipinski definition) is 2. The van der Waals surface area contributed by atoms with E-state index in [0.717, 1.165) is 21.8 Å². The Bertz CT molecular complexity index is 1140. The third kappa shape index (κ3) is 2.80. The summed E-state index contributed by atoms with van der Waals surface area (Å²) in [6, 6.07) is 24.0. The molecule has 0 unspecified atom stereocenters. The minimum atomic E-state index is -0.441. The smallest absolute Gasteiger partial charge is 0.280 e. The van der Waals surface area contributed by atoms with Gasteiger partial charge in [-0.3, -0.25) is 4.79 Å². The maximum absolute atomic E-state index is 12.2.